The van der Waals surface area contributed by atoms with Gasteiger partial charge in [-0.1, -0.05) is 206 Å². The van der Waals surface area contributed by atoms with Gasteiger partial charge in [0.25, 0.3) is 0 Å². The van der Waals surface area contributed by atoms with Gasteiger partial charge in [0.05, 0.1) is 33.6 Å². The first kappa shape index (κ1) is 41.6. The van der Waals surface area contributed by atoms with Gasteiger partial charge in [-0.25, -0.2) is 9.97 Å². The van der Waals surface area contributed by atoms with Crippen LogP contribution in [0, 0.1) is 0 Å². The standard InChI is InChI=1S/C74H46N4/c1-3-17-43(18-4-1)65-69-51-31-15-23-42-24-16-32-52(64(42)51)70(69)66(44-19-5-2-6-20-44)72-54-34-33-53(71(65)72)73-35-11-12-36-74(54,73)62-40-58-48-28-10-8-26-46(48)56(76-58)38-60-68-50-30-14-22-41-21-13-29-49(63(41)50)67(68)59(77-60)37-55-45-25-7-9-27-47(45)57(75-55)39-61(73)78-62/h1-32,35-40,53-54,77-78H,33-34H2. The van der Waals surface area contributed by atoms with Crippen molar-refractivity contribution in [3.8, 4) is 112 Å². The number of rotatable bonds is 2. The van der Waals surface area contributed by atoms with E-state index in [9.17, 15) is 0 Å². The largest absolute Gasteiger partial charge is 0.361 e. The predicted molar refractivity (Wildman–Crippen MR) is 319 cm³/mol. The van der Waals surface area contributed by atoms with Crippen LogP contribution >= 0.6 is 0 Å². The zero-order valence-corrected chi connectivity index (χ0v) is 42.4. The third-order valence-electron chi connectivity index (χ3n) is 19.4. The maximum absolute atomic E-state index is 5.76. The summed E-state index contributed by atoms with van der Waals surface area (Å²) in [6.07, 6.45) is 12.0. The Hall–Kier alpha value is -9.64. The Morgan fingerprint density at radius 2 is 0.692 bits per heavy atom. The fraction of sp³-hybridized carbons (Fsp3) is 0.0811. The number of benzene rings is 9. The van der Waals surface area contributed by atoms with E-state index >= 15 is 0 Å². The molecule has 9 aromatic carbocycles. The van der Waals surface area contributed by atoms with Crippen LogP contribution in [0.2, 0.25) is 0 Å². The number of hydrogen-bond donors (Lipinski definition) is 2. The highest BCUT2D eigenvalue weighted by molar-refractivity contribution is 6.24. The van der Waals surface area contributed by atoms with Crippen molar-refractivity contribution in [3.63, 3.8) is 0 Å². The molecule has 20 rings (SSSR count). The quantitative estimate of drug-likeness (QED) is 0.181. The van der Waals surface area contributed by atoms with Gasteiger partial charge in [0.15, 0.2) is 0 Å². The molecule has 0 saturated heterocycles. The molecule has 4 unspecified atom stereocenters. The fourth-order valence-corrected chi connectivity index (χ4v) is 16.7. The Morgan fingerprint density at radius 3 is 1.10 bits per heavy atom. The molecule has 2 N–H and O–H groups in total. The van der Waals surface area contributed by atoms with Gasteiger partial charge in [0, 0.05) is 67.6 Å². The number of nitrogens with zero attached hydrogens (tertiary/aromatic N) is 2. The van der Waals surface area contributed by atoms with Crippen LogP contribution in [0.15, 0.2) is 231 Å². The maximum atomic E-state index is 5.76. The smallest absolute Gasteiger partial charge is 0.0737 e. The van der Waals surface area contributed by atoms with Gasteiger partial charge in [-0.05, 0) is 125 Å². The topological polar surface area (TPSA) is 57.4 Å². The number of allylic oxidation sites excluding steroid dienone is 4. The van der Waals surface area contributed by atoms with Crippen LogP contribution in [0.25, 0.3) is 144 Å². The third kappa shape index (κ3) is 4.95. The maximum Gasteiger partial charge on any atom is 0.0737 e. The van der Waals surface area contributed by atoms with Gasteiger partial charge in [0.1, 0.15) is 0 Å². The third-order valence-corrected chi connectivity index (χ3v) is 19.4. The lowest BCUT2D eigenvalue weighted by Crippen LogP contribution is -2.58. The minimum Gasteiger partial charge on any atom is -0.361 e. The van der Waals surface area contributed by atoms with E-state index in [-0.39, 0.29) is 11.8 Å². The molecule has 1 fully saturated rings. The summed E-state index contributed by atoms with van der Waals surface area (Å²) in [5.74, 6) is 0.168. The SMILES string of the molecule is C1=CC23c4cc5nc(cc6[nH]c(cc7nc(cc([nH]4)C2(C=C1)C1CCC3c2c(-c3ccccc3)c3c(c(-c4ccccc4)c21)-c1cccc2cccc-3c12)-c1ccccc1-7)c1c6-c2cccc3cccc-1c23)-c1ccccc1-5. The second-order valence-electron chi connectivity index (χ2n) is 22.7. The van der Waals surface area contributed by atoms with Gasteiger partial charge >= 0.3 is 0 Å². The molecule has 9 aliphatic rings. The first-order valence-electron chi connectivity index (χ1n) is 27.7. The molecule has 2 aromatic heterocycles. The van der Waals surface area contributed by atoms with Crippen molar-refractivity contribution in [1.82, 2.24) is 19.9 Å². The first-order chi connectivity index (χ1) is 38.7. The molecule has 4 nitrogen and oxygen atoms in total. The number of nitrogens with one attached hydrogen (secondary N) is 2. The van der Waals surface area contributed by atoms with Gasteiger partial charge in [0.2, 0.25) is 0 Å². The van der Waals surface area contributed by atoms with E-state index < -0.39 is 10.8 Å². The van der Waals surface area contributed by atoms with Gasteiger partial charge < -0.3 is 9.97 Å². The Kier molecular flexibility index (Phi) is 7.80. The molecule has 4 atom stereocenters. The van der Waals surface area contributed by atoms with Crippen molar-refractivity contribution >= 4 is 32.6 Å². The first-order valence-corrected chi connectivity index (χ1v) is 27.7. The van der Waals surface area contributed by atoms with Crippen molar-refractivity contribution in [1.29, 1.82) is 0 Å². The average Bonchev–Trinajstić information content (AvgIpc) is 2.03. The van der Waals surface area contributed by atoms with Crippen molar-refractivity contribution in [2.75, 3.05) is 0 Å². The molecule has 0 spiro atoms. The lowest BCUT2D eigenvalue weighted by atomic mass is 9.39. The Morgan fingerprint density at radius 1 is 0.333 bits per heavy atom. The molecular formula is C74H46N4. The number of aromatic amines is 2. The normalized spacial score (nSPS) is 19.9. The van der Waals surface area contributed by atoms with Gasteiger partial charge in [-0.2, -0.15) is 0 Å². The van der Waals surface area contributed by atoms with E-state index in [0.29, 0.717) is 0 Å². The second kappa shape index (κ2) is 14.6. The summed E-state index contributed by atoms with van der Waals surface area (Å²) in [4.78, 5) is 19.9. The molecule has 11 aromatic rings. The molecular weight excluding hydrogens is 945 g/mol. The van der Waals surface area contributed by atoms with Crippen LogP contribution in [0.1, 0.15) is 47.2 Å². The Labute approximate surface area is 450 Å². The predicted octanol–water partition coefficient (Wildman–Crippen LogP) is 18.6. The van der Waals surface area contributed by atoms with E-state index in [1.807, 2.05) is 0 Å². The average molecular weight is 991 g/mol. The van der Waals surface area contributed by atoms with Gasteiger partial charge in [-0.15, -0.1) is 0 Å². The highest BCUT2D eigenvalue weighted by Crippen LogP contribution is 2.76. The Bertz CT molecular complexity index is 4580. The zero-order valence-electron chi connectivity index (χ0n) is 42.4. The van der Waals surface area contributed by atoms with Crippen molar-refractivity contribution in [2.24, 2.45) is 0 Å². The fourth-order valence-electron chi connectivity index (χ4n) is 16.7. The van der Waals surface area contributed by atoms with E-state index in [4.69, 9.17) is 9.97 Å². The zero-order chi connectivity index (χ0) is 50.6. The van der Waals surface area contributed by atoms with E-state index in [1.54, 1.807) is 0 Å². The molecule has 0 radical (unpaired) electrons. The molecule has 4 heteroatoms. The Balaban J connectivity index is 0.982. The summed E-state index contributed by atoms with van der Waals surface area (Å²) in [7, 11) is 0. The molecule has 0 amide bonds. The lowest BCUT2D eigenvalue weighted by molar-refractivity contribution is 0.151. The van der Waals surface area contributed by atoms with Gasteiger partial charge in [-0.3, -0.25) is 0 Å². The molecule has 5 heterocycles. The van der Waals surface area contributed by atoms with Crippen LogP contribution < -0.4 is 0 Å². The lowest BCUT2D eigenvalue weighted by Gasteiger charge is -2.62. The minimum absolute atomic E-state index is 0.0841. The second-order valence-corrected chi connectivity index (χ2v) is 22.7. The molecule has 10 bridgehead atoms. The van der Waals surface area contributed by atoms with Crippen LogP contribution in [-0.2, 0) is 10.8 Å². The summed E-state index contributed by atoms with van der Waals surface area (Å²) in [6, 6.07) is 77.4. The number of H-pyrrole nitrogens is 2. The van der Waals surface area contributed by atoms with Crippen LogP contribution in [0.5, 0.6) is 0 Å². The number of hydrogen-bond acceptors (Lipinski definition) is 2. The minimum atomic E-state index is -0.513. The van der Waals surface area contributed by atoms with Crippen molar-refractivity contribution < 1.29 is 0 Å². The van der Waals surface area contributed by atoms with Crippen LogP contribution in [0.3, 0.4) is 0 Å². The van der Waals surface area contributed by atoms with Crippen molar-refractivity contribution in [2.45, 2.75) is 35.5 Å². The summed E-state index contributed by atoms with van der Waals surface area (Å²) < 4.78 is 0. The van der Waals surface area contributed by atoms with E-state index in [2.05, 4.69) is 241 Å². The summed E-state index contributed by atoms with van der Waals surface area (Å²) >= 11 is 0. The number of fused-ring (bicyclic) bond motifs is 23. The molecule has 3 aliphatic heterocycles. The van der Waals surface area contributed by atoms with Crippen molar-refractivity contribution in [3.05, 3.63) is 253 Å². The van der Waals surface area contributed by atoms with Crippen LogP contribution in [0.4, 0.5) is 0 Å². The highest BCUT2D eigenvalue weighted by Gasteiger charge is 2.69. The molecule has 6 aliphatic carbocycles. The monoisotopic (exact) mass is 990 g/mol. The number of aromatic nitrogens is 4. The van der Waals surface area contributed by atoms with E-state index in [0.717, 1.165) is 68.9 Å². The molecule has 362 valence electrons. The van der Waals surface area contributed by atoms with Crippen LogP contribution in [-0.4, -0.2) is 19.9 Å². The van der Waals surface area contributed by atoms with E-state index in [1.165, 1.54) is 111 Å². The summed E-state index contributed by atoms with van der Waals surface area (Å²) in [6.45, 7) is 0. The highest BCUT2D eigenvalue weighted by atomic mass is 14.9. The molecule has 1 saturated carbocycles. The summed E-state index contributed by atoms with van der Waals surface area (Å²) in [5, 5.41) is 5.19. The summed E-state index contributed by atoms with van der Waals surface area (Å²) in [5.41, 5.74) is 30.5. The molecule has 78 heavy (non-hydrogen) atoms.